The number of hydrogen-bond donors (Lipinski definition) is 1. The molecule has 0 aromatic carbocycles. The summed E-state index contributed by atoms with van der Waals surface area (Å²) in [5.74, 6) is 1.04. The Morgan fingerprint density at radius 1 is 1.28 bits per heavy atom. The zero-order chi connectivity index (χ0) is 13.2. The molecule has 0 saturated heterocycles. The Kier molecular flexibility index (Phi) is 8.57. The van der Waals surface area contributed by atoms with Gasteiger partial charge in [-0.1, -0.05) is 13.3 Å². The number of halogens is 1. The maximum atomic E-state index is 5.41. The van der Waals surface area contributed by atoms with E-state index in [1.165, 1.54) is 6.42 Å². The van der Waals surface area contributed by atoms with E-state index in [4.69, 9.17) is 14.2 Å². The summed E-state index contributed by atoms with van der Waals surface area (Å²) in [7, 11) is 1.65. The molecule has 0 bridgehead atoms. The number of aromatic nitrogens is 2. The summed E-state index contributed by atoms with van der Waals surface area (Å²) < 4.78 is 16.5. The number of ether oxygens (including phenoxy) is 3. The number of rotatable bonds is 10. The quantitative estimate of drug-likeness (QED) is 0.392. The third-order valence-corrected chi connectivity index (χ3v) is 3.28. The maximum Gasteiger partial charge on any atom is 0.147 e. The third-order valence-electron chi connectivity index (χ3n) is 2.39. The molecule has 1 N–H and O–H groups in total. The lowest BCUT2D eigenvalue weighted by atomic mass is 10.2. The van der Waals surface area contributed by atoms with Gasteiger partial charge < -0.3 is 19.2 Å². The zero-order valence-electron chi connectivity index (χ0n) is 11.0. The van der Waals surface area contributed by atoms with Crippen LogP contribution in [0, 0.1) is 3.70 Å². The van der Waals surface area contributed by atoms with Gasteiger partial charge in [-0.05, 0) is 29.0 Å². The molecule has 0 atom stereocenters. The number of H-pyrrole nitrogens is 1. The van der Waals surface area contributed by atoms with Gasteiger partial charge in [0.1, 0.15) is 16.3 Å². The molecule has 0 radical (unpaired) electrons. The van der Waals surface area contributed by atoms with E-state index in [1.807, 2.05) is 0 Å². The predicted octanol–water partition coefficient (Wildman–Crippen LogP) is 2.49. The summed E-state index contributed by atoms with van der Waals surface area (Å²) >= 11 is 2.22. The van der Waals surface area contributed by atoms with E-state index in [-0.39, 0.29) is 6.79 Å². The number of methoxy groups -OCH3 is 1. The molecule has 104 valence electrons. The van der Waals surface area contributed by atoms with Gasteiger partial charge in [0.2, 0.25) is 0 Å². The Morgan fingerprint density at radius 2 is 2.11 bits per heavy atom. The highest BCUT2D eigenvalue weighted by molar-refractivity contribution is 14.1. The molecule has 0 aliphatic rings. The van der Waals surface area contributed by atoms with Crippen LogP contribution in [0.4, 0.5) is 0 Å². The lowest BCUT2D eigenvalue weighted by molar-refractivity contribution is -0.0733. The molecule has 1 rings (SSSR count). The summed E-state index contributed by atoms with van der Waals surface area (Å²) in [6.07, 6.45) is 3.33. The summed E-state index contributed by atoms with van der Waals surface area (Å²) in [6, 6.07) is 0. The second kappa shape index (κ2) is 9.71. The minimum atomic E-state index is 0.281. The predicted molar refractivity (Wildman–Crippen MR) is 77.4 cm³/mol. The minimum absolute atomic E-state index is 0.281. The van der Waals surface area contributed by atoms with Crippen LogP contribution in [0.15, 0.2) is 0 Å². The molecule has 0 aliphatic heterocycles. The smallest absolute Gasteiger partial charge is 0.147 e. The normalized spacial score (nSPS) is 11.1. The number of aryl methyl sites for hydroxylation is 1. The van der Waals surface area contributed by atoms with Gasteiger partial charge in [-0.25, -0.2) is 4.98 Å². The summed E-state index contributed by atoms with van der Waals surface area (Å²) in [5, 5.41) is 0. The van der Waals surface area contributed by atoms with Crippen LogP contribution in [0.1, 0.15) is 31.3 Å². The van der Waals surface area contributed by atoms with Gasteiger partial charge in [0.15, 0.2) is 0 Å². The Hall–Kier alpha value is -0.180. The highest BCUT2D eigenvalue weighted by atomic mass is 127. The van der Waals surface area contributed by atoms with Gasteiger partial charge in [0.05, 0.1) is 25.5 Å². The fourth-order valence-corrected chi connectivity index (χ4v) is 1.98. The van der Waals surface area contributed by atoms with Crippen LogP contribution in [0.5, 0.6) is 0 Å². The average molecular weight is 368 g/mol. The van der Waals surface area contributed by atoms with Crippen LogP contribution in [-0.2, 0) is 27.2 Å². The van der Waals surface area contributed by atoms with Crippen molar-refractivity contribution in [2.75, 3.05) is 27.1 Å². The Morgan fingerprint density at radius 3 is 2.83 bits per heavy atom. The number of nitrogens with one attached hydrogen (secondary N) is 1. The lowest BCUT2D eigenvalue weighted by Crippen LogP contribution is -2.06. The first-order valence-electron chi connectivity index (χ1n) is 6.15. The molecule has 0 unspecified atom stereocenters. The van der Waals surface area contributed by atoms with E-state index in [1.54, 1.807) is 7.11 Å². The van der Waals surface area contributed by atoms with Gasteiger partial charge in [-0.2, -0.15) is 0 Å². The molecule has 0 aliphatic carbocycles. The fourth-order valence-electron chi connectivity index (χ4n) is 1.40. The topological polar surface area (TPSA) is 56.4 Å². The number of imidazole rings is 1. The molecule has 0 saturated carbocycles. The van der Waals surface area contributed by atoms with Crippen molar-refractivity contribution in [1.29, 1.82) is 0 Å². The van der Waals surface area contributed by atoms with Crippen LogP contribution in [0.2, 0.25) is 0 Å². The SMILES string of the molecule is CCCCc1nc(I)c(COCOCCOC)[nH]1. The second-order valence-electron chi connectivity index (χ2n) is 3.92. The van der Waals surface area contributed by atoms with Gasteiger partial charge >= 0.3 is 0 Å². The Labute approximate surface area is 122 Å². The van der Waals surface area contributed by atoms with E-state index < -0.39 is 0 Å². The summed E-state index contributed by atoms with van der Waals surface area (Å²) in [6.45, 7) is 4.10. The van der Waals surface area contributed by atoms with Crippen molar-refractivity contribution in [2.45, 2.75) is 32.8 Å². The minimum Gasteiger partial charge on any atom is -0.382 e. The highest BCUT2D eigenvalue weighted by Crippen LogP contribution is 2.12. The van der Waals surface area contributed by atoms with Crippen LogP contribution < -0.4 is 0 Å². The molecule has 1 aromatic heterocycles. The first-order chi connectivity index (χ1) is 8.77. The van der Waals surface area contributed by atoms with E-state index in [2.05, 4.69) is 39.5 Å². The summed E-state index contributed by atoms with van der Waals surface area (Å²) in [4.78, 5) is 7.76. The van der Waals surface area contributed by atoms with Crippen LogP contribution in [-0.4, -0.2) is 37.1 Å². The number of unbranched alkanes of at least 4 members (excludes halogenated alkanes) is 1. The van der Waals surface area contributed by atoms with Crippen molar-refractivity contribution in [2.24, 2.45) is 0 Å². The molecule has 6 heteroatoms. The van der Waals surface area contributed by atoms with Gasteiger partial charge in [0.25, 0.3) is 0 Å². The van der Waals surface area contributed by atoms with Gasteiger partial charge in [-0.3, -0.25) is 0 Å². The summed E-state index contributed by atoms with van der Waals surface area (Å²) in [5.41, 5.74) is 1.03. The second-order valence-corrected chi connectivity index (χ2v) is 4.95. The molecule has 18 heavy (non-hydrogen) atoms. The van der Waals surface area contributed by atoms with Crippen LogP contribution in [0.25, 0.3) is 0 Å². The lowest BCUT2D eigenvalue weighted by Gasteiger charge is -2.04. The van der Waals surface area contributed by atoms with E-state index in [0.717, 1.165) is 28.1 Å². The van der Waals surface area contributed by atoms with Crippen molar-refractivity contribution < 1.29 is 14.2 Å². The van der Waals surface area contributed by atoms with E-state index in [0.29, 0.717) is 19.8 Å². The van der Waals surface area contributed by atoms with E-state index >= 15 is 0 Å². The molecule has 1 aromatic rings. The van der Waals surface area contributed by atoms with Crippen LogP contribution in [0.3, 0.4) is 0 Å². The van der Waals surface area contributed by atoms with Crippen molar-refractivity contribution >= 4 is 22.6 Å². The first-order valence-corrected chi connectivity index (χ1v) is 7.23. The molecule has 1 heterocycles. The van der Waals surface area contributed by atoms with Gasteiger partial charge in [0, 0.05) is 13.5 Å². The van der Waals surface area contributed by atoms with Crippen LogP contribution >= 0.6 is 22.6 Å². The van der Waals surface area contributed by atoms with Crippen molar-refractivity contribution in [3.63, 3.8) is 0 Å². The third kappa shape index (κ3) is 6.12. The van der Waals surface area contributed by atoms with Crippen molar-refractivity contribution in [3.8, 4) is 0 Å². The molecule has 0 amide bonds. The average Bonchev–Trinajstić information content (AvgIpc) is 2.72. The van der Waals surface area contributed by atoms with Gasteiger partial charge in [-0.15, -0.1) is 0 Å². The fraction of sp³-hybridized carbons (Fsp3) is 0.750. The molecular weight excluding hydrogens is 347 g/mol. The van der Waals surface area contributed by atoms with E-state index in [9.17, 15) is 0 Å². The Balaban J connectivity index is 2.22. The largest absolute Gasteiger partial charge is 0.382 e. The van der Waals surface area contributed by atoms with Crippen molar-refractivity contribution in [1.82, 2.24) is 9.97 Å². The standard InChI is InChI=1S/C12H21IN2O3/c1-3-4-5-11-14-10(12(13)15-11)8-18-9-17-7-6-16-2/h3-9H2,1-2H3,(H,14,15). The molecular formula is C12H21IN2O3. The zero-order valence-corrected chi connectivity index (χ0v) is 13.2. The number of nitrogens with zero attached hydrogens (tertiary/aromatic N) is 1. The molecule has 0 fully saturated rings. The Bertz CT molecular complexity index is 331. The molecule has 0 spiro atoms. The molecule has 5 nitrogen and oxygen atoms in total. The first kappa shape index (κ1) is 15.9. The van der Waals surface area contributed by atoms with Crippen molar-refractivity contribution in [3.05, 3.63) is 15.2 Å². The number of hydrogen-bond acceptors (Lipinski definition) is 4. The maximum absolute atomic E-state index is 5.41. The monoisotopic (exact) mass is 368 g/mol. The highest BCUT2D eigenvalue weighted by Gasteiger charge is 2.07. The number of aromatic amines is 1.